The van der Waals surface area contributed by atoms with Crippen molar-refractivity contribution >= 4 is 16.8 Å². The summed E-state index contributed by atoms with van der Waals surface area (Å²) in [4.78, 5) is 18.0. The van der Waals surface area contributed by atoms with Crippen LogP contribution in [0.15, 0.2) is 48.5 Å². The van der Waals surface area contributed by atoms with E-state index in [2.05, 4.69) is 5.32 Å². The first kappa shape index (κ1) is 17.0. The molecule has 1 N–H and O–H groups in total. The average molecular weight is 374 g/mol. The molecule has 1 aromatic heterocycles. The molecule has 1 atom stereocenters. The van der Waals surface area contributed by atoms with E-state index in [1.807, 2.05) is 48.5 Å². The Labute approximate surface area is 163 Å². The number of benzene rings is 2. The lowest BCUT2D eigenvalue weighted by atomic mass is 9.89. The normalized spacial score (nSPS) is 17.8. The smallest absolute Gasteiger partial charge is 0.252 e. The molecule has 2 aliphatic rings. The molecule has 0 radical (unpaired) electrons. The molecule has 0 fully saturated rings. The van der Waals surface area contributed by atoms with Crippen molar-refractivity contribution in [3.63, 3.8) is 0 Å². The van der Waals surface area contributed by atoms with Crippen LogP contribution < -0.4 is 14.8 Å². The summed E-state index contributed by atoms with van der Waals surface area (Å²) >= 11 is 0. The van der Waals surface area contributed by atoms with E-state index in [9.17, 15) is 4.79 Å². The van der Waals surface area contributed by atoms with E-state index in [0.717, 1.165) is 64.9 Å². The number of aryl methyl sites for hydroxylation is 1. The van der Waals surface area contributed by atoms with Gasteiger partial charge < -0.3 is 14.8 Å². The highest BCUT2D eigenvalue weighted by Gasteiger charge is 2.25. The van der Waals surface area contributed by atoms with Gasteiger partial charge in [0.2, 0.25) is 0 Å². The number of ether oxygens (including phenoxy) is 2. The number of carbonyl (C=O) groups excluding carboxylic acids is 1. The first-order valence-electron chi connectivity index (χ1n) is 9.87. The number of nitrogens with zero attached hydrogens (tertiary/aromatic N) is 1. The number of nitrogens with one attached hydrogen (secondary N) is 1. The molecule has 1 aliphatic carbocycles. The maximum absolute atomic E-state index is 13.2. The first-order valence-corrected chi connectivity index (χ1v) is 9.87. The number of para-hydroxylation sites is 3. The van der Waals surface area contributed by atoms with E-state index in [-0.39, 0.29) is 12.0 Å². The number of hydrogen-bond acceptors (Lipinski definition) is 4. The summed E-state index contributed by atoms with van der Waals surface area (Å²) in [5.41, 5.74) is 3.84. The Kier molecular flexibility index (Phi) is 4.35. The number of pyridine rings is 1. The Balaban J connectivity index is 1.39. The topological polar surface area (TPSA) is 60.5 Å². The van der Waals surface area contributed by atoms with Crippen LogP contribution in [0, 0.1) is 0 Å². The number of amides is 1. The summed E-state index contributed by atoms with van der Waals surface area (Å²) in [6.45, 7) is 0.824. The SMILES string of the molecule is O=C(NC[C@@H]1COc2ccccc2O1)c1c2c(nc3ccccc13)CCCC2. The second-order valence-electron chi connectivity index (χ2n) is 7.34. The minimum atomic E-state index is -0.206. The minimum Gasteiger partial charge on any atom is -0.486 e. The van der Waals surface area contributed by atoms with Gasteiger partial charge in [-0.15, -0.1) is 0 Å². The van der Waals surface area contributed by atoms with Crippen LogP contribution in [0.5, 0.6) is 11.5 Å². The molecule has 2 aromatic carbocycles. The lowest BCUT2D eigenvalue weighted by molar-refractivity contribution is 0.0789. The third kappa shape index (κ3) is 3.07. The van der Waals surface area contributed by atoms with Gasteiger partial charge >= 0.3 is 0 Å². The summed E-state index contributed by atoms with van der Waals surface area (Å²) in [6, 6.07) is 15.5. The zero-order valence-electron chi connectivity index (χ0n) is 15.6. The molecule has 0 unspecified atom stereocenters. The summed E-state index contributed by atoms with van der Waals surface area (Å²) in [5.74, 6) is 1.42. The number of fused-ring (bicyclic) bond motifs is 3. The van der Waals surface area contributed by atoms with Gasteiger partial charge in [0.05, 0.1) is 17.6 Å². The van der Waals surface area contributed by atoms with Crippen LogP contribution in [0.3, 0.4) is 0 Å². The Hall–Kier alpha value is -3.08. The number of aromatic nitrogens is 1. The zero-order chi connectivity index (χ0) is 18.9. The van der Waals surface area contributed by atoms with Gasteiger partial charge in [-0.3, -0.25) is 9.78 Å². The van der Waals surface area contributed by atoms with Crippen molar-refractivity contribution in [1.29, 1.82) is 0 Å². The van der Waals surface area contributed by atoms with Crippen LogP contribution in [0.25, 0.3) is 10.9 Å². The van der Waals surface area contributed by atoms with E-state index in [1.165, 1.54) is 0 Å². The van der Waals surface area contributed by atoms with Gasteiger partial charge in [0.15, 0.2) is 11.5 Å². The third-order valence-electron chi connectivity index (χ3n) is 5.45. The molecule has 1 aliphatic heterocycles. The van der Waals surface area contributed by atoms with Crippen LogP contribution in [0.4, 0.5) is 0 Å². The van der Waals surface area contributed by atoms with Crippen molar-refractivity contribution < 1.29 is 14.3 Å². The minimum absolute atomic E-state index is 0.0563. The monoisotopic (exact) mass is 374 g/mol. The quantitative estimate of drug-likeness (QED) is 0.760. The summed E-state index contributed by atoms with van der Waals surface area (Å²) < 4.78 is 11.7. The van der Waals surface area contributed by atoms with Gasteiger partial charge in [-0.25, -0.2) is 0 Å². The number of rotatable bonds is 3. The van der Waals surface area contributed by atoms with Crippen molar-refractivity contribution in [2.45, 2.75) is 31.8 Å². The molecule has 5 nitrogen and oxygen atoms in total. The fourth-order valence-corrected chi connectivity index (χ4v) is 4.09. The Bertz CT molecular complexity index is 1050. The average Bonchev–Trinajstić information content (AvgIpc) is 2.75. The third-order valence-corrected chi connectivity index (χ3v) is 5.45. The van der Waals surface area contributed by atoms with Crippen LogP contribution in [0.1, 0.15) is 34.5 Å². The number of carbonyl (C=O) groups is 1. The number of hydrogen-bond donors (Lipinski definition) is 1. The van der Waals surface area contributed by atoms with Crippen molar-refractivity contribution in [1.82, 2.24) is 10.3 Å². The lowest BCUT2D eigenvalue weighted by Gasteiger charge is -2.27. The molecule has 1 amide bonds. The van der Waals surface area contributed by atoms with Crippen molar-refractivity contribution in [2.75, 3.05) is 13.2 Å². The van der Waals surface area contributed by atoms with Crippen LogP contribution in [0.2, 0.25) is 0 Å². The molecule has 0 bridgehead atoms. The van der Waals surface area contributed by atoms with Gasteiger partial charge in [0.1, 0.15) is 12.7 Å². The maximum Gasteiger partial charge on any atom is 0.252 e. The van der Waals surface area contributed by atoms with Crippen molar-refractivity contribution in [3.05, 3.63) is 65.4 Å². The predicted molar refractivity (Wildman–Crippen MR) is 107 cm³/mol. The second kappa shape index (κ2) is 7.15. The molecule has 28 heavy (non-hydrogen) atoms. The second-order valence-corrected chi connectivity index (χ2v) is 7.34. The molecular formula is C23H22N2O3. The van der Waals surface area contributed by atoms with Gasteiger partial charge in [-0.2, -0.15) is 0 Å². The summed E-state index contributed by atoms with van der Waals surface area (Å²) in [6.07, 6.45) is 3.88. The highest BCUT2D eigenvalue weighted by atomic mass is 16.6. The summed E-state index contributed by atoms with van der Waals surface area (Å²) in [7, 11) is 0. The highest BCUT2D eigenvalue weighted by Crippen LogP contribution is 2.31. The van der Waals surface area contributed by atoms with E-state index in [1.54, 1.807) is 0 Å². The summed E-state index contributed by atoms with van der Waals surface area (Å²) in [5, 5.41) is 3.99. The first-order chi connectivity index (χ1) is 13.8. The Morgan fingerprint density at radius 3 is 2.75 bits per heavy atom. The molecule has 0 saturated carbocycles. The predicted octanol–water partition coefficient (Wildman–Crippen LogP) is 3.68. The standard InChI is InChI=1S/C23H22N2O3/c26-23(24-13-15-14-27-20-11-5-6-12-21(20)28-15)22-16-7-1-3-9-18(16)25-19-10-4-2-8-17(19)22/h1,3,5-7,9,11-12,15H,2,4,8,10,13-14H2,(H,24,26)/t15-/m1/s1. The lowest BCUT2D eigenvalue weighted by Crippen LogP contribution is -2.41. The molecule has 5 heteroatoms. The molecule has 0 spiro atoms. The molecule has 142 valence electrons. The fraction of sp³-hybridized carbons (Fsp3) is 0.304. The highest BCUT2D eigenvalue weighted by molar-refractivity contribution is 6.07. The van der Waals surface area contributed by atoms with Crippen molar-refractivity contribution in [3.8, 4) is 11.5 Å². The zero-order valence-corrected chi connectivity index (χ0v) is 15.6. The van der Waals surface area contributed by atoms with Gasteiger partial charge in [0, 0.05) is 11.1 Å². The van der Waals surface area contributed by atoms with E-state index in [4.69, 9.17) is 14.5 Å². The molecule has 3 aromatic rings. The van der Waals surface area contributed by atoms with Crippen LogP contribution >= 0.6 is 0 Å². The molecular weight excluding hydrogens is 352 g/mol. The van der Waals surface area contributed by atoms with Crippen molar-refractivity contribution in [2.24, 2.45) is 0 Å². The fourth-order valence-electron chi connectivity index (χ4n) is 4.09. The maximum atomic E-state index is 13.2. The van der Waals surface area contributed by atoms with Crippen LogP contribution in [-0.2, 0) is 12.8 Å². The van der Waals surface area contributed by atoms with E-state index in [0.29, 0.717) is 13.2 Å². The van der Waals surface area contributed by atoms with Gasteiger partial charge in [0.25, 0.3) is 5.91 Å². The largest absolute Gasteiger partial charge is 0.486 e. The molecule has 2 heterocycles. The van der Waals surface area contributed by atoms with E-state index >= 15 is 0 Å². The Morgan fingerprint density at radius 1 is 1.04 bits per heavy atom. The van der Waals surface area contributed by atoms with Crippen LogP contribution in [-0.4, -0.2) is 30.1 Å². The van der Waals surface area contributed by atoms with E-state index < -0.39 is 0 Å². The van der Waals surface area contributed by atoms with Gasteiger partial charge in [-0.05, 0) is 49.4 Å². The molecule has 5 rings (SSSR count). The molecule has 0 saturated heterocycles. The van der Waals surface area contributed by atoms with Gasteiger partial charge in [-0.1, -0.05) is 30.3 Å². The Morgan fingerprint density at radius 2 is 1.82 bits per heavy atom.